The van der Waals surface area contributed by atoms with Gasteiger partial charge in [0.2, 0.25) is 0 Å². The molecule has 5 nitrogen and oxygen atoms in total. The van der Waals surface area contributed by atoms with Gasteiger partial charge in [-0.25, -0.2) is 4.79 Å². The standard InChI is InChI=1S/C15H18BrN3O2/c1-3-21-15(20)12-9-18-19(2)14(12)10-17-8-11-6-4-5-7-13(11)16/h4-7,9,17H,3,8,10H2,1-2H3. The van der Waals surface area contributed by atoms with Crippen LogP contribution < -0.4 is 5.32 Å². The first-order chi connectivity index (χ1) is 10.1. The van der Waals surface area contributed by atoms with E-state index in [0.717, 1.165) is 15.7 Å². The predicted molar refractivity (Wildman–Crippen MR) is 83.9 cm³/mol. The van der Waals surface area contributed by atoms with Crippen molar-refractivity contribution in [3.05, 3.63) is 51.8 Å². The van der Waals surface area contributed by atoms with Crippen LogP contribution >= 0.6 is 15.9 Å². The molecule has 0 aliphatic rings. The third kappa shape index (κ3) is 3.92. The molecule has 0 bridgehead atoms. The van der Waals surface area contributed by atoms with Crippen molar-refractivity contribution in [3.63, 3.8) is 0 Å². The summed E-state index contributed by atoms with van der Waals surface area (Å²) < 4.78 is 7.79. The summed E-state index contributed by atoms with van der Waals surface area (Å²) >= 11 is 3.52. The van der Waals surface area contributed by atoms with Gasteiger partial charge in [0.15, 0.2) is 0 Å². The van der Waals surface area contributed by atoms with Crippen LogP contribution in [0.3, 0.4) is 0 Å². The smallest absolute Gasteiger partial charge is 0.341 e. The number of nitrogens with zero attached hydrogens (tertiary/aromatic N) is 2. The minimum Gasteiger partial charge on any atom is -0.462 e. The van der Waals surface area contributed by atoms with Crippen molar-refractivity contribution >= 4 is 21.9 Å². The van der Waals surface area contributed by atoms with Crippen LogP contribution in [0.5, 0.6) is 0 Å². The van der Waals surface area contributed by atoms with E-state index in [-0.39, 0.29) is 5.97 Å². The summed E-state index contributed by atoms with van der Waals surface area (Å²) in [6.07, 6.45) is 1.55. The number of carbonyl (C=O) groups excluding carboxylic acids is 1. The highest BCUT2D eigenvalue weighted by Crippen LogP contribution is 2.16. The lowest BCUT2D eigenvalue weighted by atomic mass is 10.2. The molecule has 0 aliphatic heterocycles. The average molecular weight is 352 g/mol. The minimum atomic E-state index is -0.330. The summed E-state index contributed by atoms with van der Waals surface area (Å²) in [4.78, 5) is 11.9. The maximum absolute atomic E-state index is 11.9. The Hall–Kier alpha value is -1.66. The molecule has 0 atom stereocenters. The van der Waals surface area contributed by atoms with E-state index in [9.17, 15) is 4.79 Å². The lowest BCUT2D eigenvalue weighted by Crippen LogP contribution is -2.18. The van der Waals surface area contributed by atoms with Gasteiger partial charge in [-0.15, -0.1) is 0 Å². The first-order valence-electron chi connectivity index (χ1n) is 6.75. The van der Waals surface area contributed by atoms with Gasteiger partial charge in [-0.1, -0.05) is 34.1 Å². The number of nitrogens with one attached hydrogen (secondary N) is 1. The molecule has 1 aromatic carbocycles. The van der Waals surface area contributed by atoms with Crippen LogP contribution in [0.15, 0.2) is 34.9 Å². The molecule has 1 heterocycles. The van der Waals surface area contributed by atoms with Crippen molar-refractivity contribution in [2.45, 2.75) is 20.0 Å². The second-order valence-electron chi connectivity index (χ2n) is 4.54. The molecule has 0 aliphatic carbocycles. The van der Waals surface area contributed by atoms with Crippen molar-refractivity contribution in [2.75, 3.05) is 6.61 Å². The molecule has 0 saturated heterocycles. The fraction of sp³-hybridized carbons (Fsp3) is 0.333. The van der Waals surface area contributed by atoms with Gasteiger partial charge >= 0.3 is 5.97 Å². The van der Waals surface area contributed by atoms with Crippen LogP contribution in [-0.4, -0.2) is 22.4 Å². The summed E-state index contributed by atoms with van der Waals surface area (Å²) in [6.45, 7) is 3.40. The van der Waals surface area contributed by atoms with E-state index in [1.807, 2.05) is 31.3 Å². The number of halogens is 1. The normalized spacial score (nSPS) is 10.6. The van der Waals surface area contributed by atoms with Crippen molar-refractivity contribution in [3.8, 4) is 0 Å². The number of ether oxygens (including phenoxy) is 1. The van der Waals surface area contributed by atoms with Crippen LogP contribution in [0.25, 0.3) is 0 Å². The van der Waals surface area contributed by atoms with Crippen LogP contribution in [0, 0.1) is 0 Å². The second-order valence-corrected chi connectivity index (χ2v) is 5.40. The van der Waals surface area contributed by atoms with Crippen molar-refractivity contribution in [1.29, 1.82) is 0 Å². The molecule has 0 unspecified atom stereocenters. The Morgan fingerprint density at radius 1 is 1.38 bits per heavy atom. The quantitative estimate of drug-likeness (QED) is 0.812. The number of aryl methyl sites for hydroxylation is 1. The molecule has 21 heavy (non-hydrogen) atoms. The van der Waals surface area contributed by atoms with E-state index < -0.39 is 0 Å². The maximum atomic E-state index is 11.9. The molecule has 1 aromatic heterocycles. The number of carbonyl (C=O) groups is 1. The van der Waals surface area contributed by atoms with E-state index in [4.69, 9.17) is 4.74 Å². The Labute approximate surface area is 132 Å². The number of aromatic nitrogens is 2. The summed E-state index contributed by atoms with van der Waals surface area (Å²) in [5, 5.41) is 7.45. The molecular formula is C15H18BrN3O2. The Morgan fingerprint density at radius 2 is 2.14 bits per heavy atom. The zero-order valence-corrected chi connectivity index (χ0v) is 13.7. The van der Waals surface area contributed by atoms with Gasteiger partial charge in [0, 0.05) is 24.6 Å². The van der Waals surface area contributed by atoms with Crippen molar-refractivity contribution < 1.29 is 9.53 Å². The molecule has 6 heteroatoms. The Bertz CT molecular complexity index is 625. The minimum absolute atomic E-state index is 0.330. The Morgan fingerprint density at radius 3 is 2.86 bits per heavy atom. The van der Waals surface area contributed by atoms with Gasteiger partial charge < -0.3 is 10.1 Å². The summed E-state index contributed by atoms with van der Waals surface area (Å²) in [7, 11) is 1.82. The number of hydrogen-bond donors (Lipinski definition) is 1. The highest BCUT2D eigenvalue weighted by molar-refractivity contribution is 9.10. The van der Waals surface area contributed by atoms with Crippen LogP contribution in [-0.2, 0) is 24.9 Å². The van der Waals surface area contributed by atoms with E-state index in [0.29, 0.717) is 25.3 Å². The molecule has 2 aromatic rings. The fourth-order valence-electron chi connectivity index (χ4n) is 2.01. The molecule has 2 rings (SSSR count). The SMILES string of the molecule is CCOC(=O)c1cnn(C)c1CNCc1ccccc1Br. The first kappa shape index (κ1) is 15.7. The number of hydrogen-bond acceptors (Lipinski definition) is 4. The molecule has 0 fully saturated rings. The largest absolute Gasteiger partial charge is 0.462 e. The van der Waals surface area contributed by atoms with E-state index in [1.54, 1.807) is 17.8 Å². The van der Waals surface area contributed by atoms with Gasteiger partial charge in [0.25, 0.3) is 0 Å². The number of rotatable bonds is 6. The van der Waals surface area contributed by atoms with Gasteiger partial charge in [-0.3, -0.25) is 4.68 Å². The molecule has 1 N–H and O–H groups in total. The summed E-state index contributed by atoms with van der Waals surface area (Å²) in [5.74, 6) is -0.330. The number of benzene rings is 1. The van der Waals surface area contributed by atoms with Crippen molar-refractivity contribution in [1.82, 2.24) is 15.1 Å². The second kappa shape index (κ2) is 7.38. The van der Waals surface area contributed by atoms with Gasteiger partial charge in [0.05, 0.1) is 18.5 Å². The highest BCUT2D eigenvalue weighted by atomic mass is 79.9. The van der Waals surface area contributed by atoms with E-state index in [1.165, 1.54) is 0 Å². The van der Waals surface area contributed by atoms with E-state index in [2.05, 4.69) is 26.3 Å². The molecule has 0 spiro atoms. The molecule has 0 amide bonds. The average Bonchev–Trinajstić information content (AvgIpc) is 2.83. The van der Waals surface area contributed by atoms with Crippen LogP contribution in [0.1, 0.15) is 28.5 Å². The Kier molecular flexibility index (Phi) is 5.52. The Balaban J connectivity index is 2.02. The lowest BCUT2D eigenvalue weighted by molar-refractivity contribution is 0.0524. The molecule has 0 saturated carbocycles. The molecule has 0 radical (unpaired) electrons. The summed E-state index contributed by atoms with van der Waals surface area (Å²) in [6, 6.07) is 8.03. The third-order valence-corrected chi connectivity index (χ3v) is 3.90. The lowest BCUT2D eigenvalue weighted by Gasteiger charge is -2.09. The van der Waals surface area contributed by atoms with Crippen molar-refractivity contribution in [2.24, 2.45) is 7.05 Å². The van der Waals surface area contributed by atoms with E-state index >= 15 is 0 Å². The fourth-order valence-corrected chi connectivity index (χ4v) is 2.43. The van der Waals surface area contributed by atoms with Gasteiger partial charge in [-0.05, 0) is 18.6 Å². The van der Waals surface area contributed by atoms with Crippen LogP contribution in [0.4, 0.5) is 0 Å². The summed E-state index contributed by atoms with van der Waals surface area (Å²) in [5.41, 5.74) is 2.50. The molecular weight excluding hydrogens is 334 g/mol. The van der Waals surface area contributed by atoms with Gasteiger partial charge in [-0.2, -0.15) is 5.10 Å². The topological polar surface area (TPSA) is 56.1 Å². The zero-order chi connectivity index (χ0) is 15.2. The predicted octanol–water partition coefficient (Wildman–Crippen LogP) is 2.65. The van der Waals surface area contributed by atoms with Crippen LogP contribution in [0.2, 0.25) is 0 Å². The molecule has 112 valence electrons. The van der Waals surface area contributed by atoms with Gasteiger partial charge in [0.1, 0.15) is 5.56 Å². The number of esters is 1. The monoisotopic (exact) mass is 351 g/mol. The highest BCUT2D eigenvalue weighted by Gasteiger charge is 2.16. The maximum Gasteiger partial charge on any atom is 0.341 e. The zero-order valence-electron chi connectivity index (χ0n) is 12.1. The first-order valence-corrected chi connectivity index (χ1v) is 7.55. The third-order valence-electron chi connectivity index (χ3n) is 3.12.